The SMILES string of the molecule is ClC1=C(Cl)[C@@]2(Cl)[C@H]3[C@@H](Cl)[C@H]4O[C@H]4[C@H]3[C@@]1(Cl)C2(Cl)Cl. The van der Waals surface area contributed by atoms with Crippen LogP contribution in [0.2, 0.25) is 0 Å². The predicted octanol–water partition coefficient (Wildman–Crippen LogP) is 4.45. The van der Waals surface area contributed by atoms with E-state index in [1.807, 2.05) is 0 Å². The van der Waals surface area contributed by atoms with Crippen LogP contribution >= 0.6 is 81.2 Å². The van der Waals surface area contributed by atoms with Crippen molar-refractivity contribution in [1.82, 2.24) is 0 Å². The summed E-state index contributed by atoms with van der Waals surface area (Å²) in [6.07, 6.45) is -0.152. The quantitative estimate of drug-likeness (QED) is 0.441. The largest absolute Gasteiger partial charge is 0.368 e. The molecule has 4 rings (SSSR count). The summed E-state index contributed by atoms with van der Waals surface area (Å²) in [5.41, 5.74) is 0. The summed E-state index contributed by atoms with van der Waals surface area (Å²) in [5, 5.41) is 0.111. The summed E-state index contributed by atoms with van der Waals surface area (Å²) in [6.45, 7) is 0. The predicted molar refractivity (Wildman–Crippen MR) is 75.6 cm³/mol. The lowest BCUT2D eigenvalue weighted by molar-refractivity contribution is 0.204. The highest BCUT2D eigenvalue weighted by atomic mass is 35.5. The Morgan fingerprint density at radius 2 is 1.33 bits per heavy atom. The molecule has 0 radical (unpaired) electrons. The van der Waals surface area contributed by atoms with Crippen LogP contribution in [0, 0.1) is 11.8 Å². The van der Waals surface area contributed by atoms with Gasteiger partial charge in [-0.3, -0.25) is 0 Å². The van der Waals surface area contributed by atoms with E-state index in [1.54, 1.807) is 0 Å². The lowest BCUT2D eigenvalue weighted by Crippen LogP contribution is -2.46. The van der Waals surface area contributed by atoms with Crippen molar-refractivity contribution < 1.29 is 4.74 Å². The smallest absolute Gasteiger partial charge is 0.166 e. The van der Waals surface area contributed by atoms with Gasteiger partial charge in [0, 0.05) is 11.8 Å². The lowest BCUT2D eigenvalue weighted by Gasteiger charge is -2.35. The fourth-order valence-corrected chi connectivity index (χ4v) is 7.49. The van der Waals surface area contributed by atoms with Crippen LogP contribution in [0.3, 0.4) is 0 Å². The Labute approximate surface area is 139 Å². The van der Waals surface area contributed by atoms with E-state index in [2.05, 4.69) is 0 Å². The van der Waals surface area contributed by atoms with Crippen LogP contribution in [-0.2, 0) is 4.74 Å². The van der Waals surface area contributed by atoms with Gasteiger partial charge in [0.15, 0.2) is 4.33 Å². The first-order valence-electron chi connectivity index (χ1n) is 5.32. The number of ether oxygens (including phenoxy) is 1. The molecule has 1 heterocycles. The fraction of sp³-hybridized carbons (Fsp3) is 0.800. The molecule has 4 aliphatic rings. The summed E-state index contributed by atoms with van der Waals surface area (Å²) in [7, 11) is 0. The van der Waals surface area contributed by atoms with Gasteiger partial charge in [0.2, 0.25) is 0 Å². The highest BCUT2D eigenvalue weighted by Crippen LogP contribution is 2.81. The van der Waals surface area contributed by atoms with Gasteiger partial charge in [0.25, 0.3) is 0 Å². The monoisotopic (exact) mass is 386 g/mol. The highest BCUT2D eigenvalue weighted by Gasteiger charge is 2.89. The maximum atomic E-state index is 6.65. The number of fused-ring (bicyclic) bond motifs is 7. The Balaban J connectivity index is 2.01. The van der Waals surface area contributed by atoms with Crippen LogP contribution < -0.4 is 0 Å². The topological polar surface area (TPSA) is 12.5 Å². The van der Waals surface area contributed by atoms with Gasteiger partial charge in [-0.2, -0.15) is 0 Å². The van der Waals surface area contributed by atoms with Gasteiger partial charge >= 0.3 is 0 Å². The van der Waals surface area contributed by atoms with Crippen molar-refractivity contribution in [3.63, 3.8) is 0 Å². The second kappa shape index (κ2) is 3.38. The maximum absolute atomic E-state index is 6.65. The van der Waals surface area contributed by atoms with E-state index in [9.17, 15) is 0 Å². The van der Waals surface area contributed by atoms with Crippen molar-refractivity contribution >= 4 is 81.2 Å². The van der Waals surface area contributed by atoms with E-state index in [-0.39, 0.29) is 39.5 Å². The molecule has 1 saturated heterocycles. The van der Waals surface area contributed by atoms with Crippen LogP contribution in [0.1, 0.15) is 0 Å². The first-order chi connectivity index (χ1) is 8.20. The van der Waals surface area contributed by atoms with Gasteiger partial charge in [-0.15, -0.1) is 34.8 Å². The molecule has 7 atom stereocenters. The average Bonchev–Trinajstić information content (AvgIpc) is 2.98. The van der Waals surface area contributed by atoms with Crippen LogP contribution in [0.25, 0.3) is 0 Å². The average molecular weight is 389 g/mol. The zero-order valence-electron chi connectivity index (χ0n) is 8.44. The zero-order valence-corrected chi connectivity index (χ0v) is 13.7. The molecular weight excluding hydrogens is 384 g/mol. The molecule has 2 saturated carbocycles. The molecule has 0 aromatic heterocycles. The maximum Gasteiger partial charge on any atom is 0.166 e. The number of alkyl halides is 5. The van der Waals surface area contributed by atoms with Gasteiger partial charge < -0.3 is 4.74 Å². The summed E-state index contributed by atoms with van der Waals surface area (Å²) in [4.78, 5) is -2.48. The molecule has 2 bridgehead atoms. The molecule has 3 aliphatic carbocycles. The Bertz CT molecular complexity index is 476. The summed E-state index contributed by atoms with van der Waals surface area (Å²) in [6, 6.07) is 0. The number of epoxide rings is 1. The molecule has 0 spiro atoms. The number of hydrogen-bond acceptors (Lipinski definition) is 1. The van der Waals surface area contributed by atoms with E-state index in [4.69, 9.17) is 85.9 Å². The molecule has 1 aliphatic heterocycles. The Kier molecular flexibility index (Phi) is 2.52. The zero-order chi connectivity index (χ0) is 13.2. The van der Waals surface area contributed by atoms with Gasteiger partial charge in [-0.05, 0) is 0 Å². The molecular formula is C10H5Cl7O. The molecule has 1 nitrogen and oxygen atoms in total. The first-order valence-corrected chi connectivity index (χ1v) is 8.02. The normalized spacial score (nSPS) is 63.2. The van der Waals surface area contributed by atoms with Crippen LogP contribution in [0.5, 0.6) is 0 Å². The van der Waals surface area contributed by atoms with Crippen molar-refractivity contribution in [3.05, 3.63) is 10.1 Å². The molecule has 0 aromatic rings. The van der Waals surface area contributed by atoms with E-state index >= 15 is 0 Å². The van der Waals surface area contributed by atoms with Crippen LogP contribution in [0.4, 0.5) is 0 Å². The van der Waals surface area contributed by atoms with Gasteiger partial charge in [-0.1, -0.05) is 46.4 Å². The summed E-state index contributed by atoms with van der Waals surface area (Å²) >= 11 is 45.0. The van der Waals surface area contributed by atoms with Gasteiger partial charge in [0.05, 0.1) is 21.5 Å². The molecule has 18 heavy (non-hydrogen) atoms. The van der Waals surface area contributed by atoms with E-state index in [0.717, 1.165) is 0 Å². The summed E-state index contributed by atoms with van der Waals surface area (Å²) < 4.78 is 4.00. The fourth-order valence-electron chi connectivity index (χ4n) is 3.80. The molecule has 3 fully saturated rings. The second-order valence-corrected chi connectivity index (χ2v) is 8.97. The lowest BCUT2D eigenvalue weighted by atomic mass is 9.83. The van der Waals surface area contributed by atoms with Crippen LogP contribution in [0.15, 0.2) is 10.1 Å². The number of allylic oxidation sites excluding steroid dienone is 2. The Morgan fingerprint density at radius 3 is 1.89 bits per heavy atom. The van der Waals surface area contributed by atoms with Crippen molar-refractivity contribution in [2.75, 3.05) is 0 Å². The Morgan fingerprint density at radius 1 is 0.833 bits per heavy atom. The molecule has 0 aromatic carbocycles. The standard InChI is InChI=1S/C10H5Cl7O/c11-3-1-2(4-5(3)18-4)9(15)7(13)6(12)8(1,14)10(9,16)17/h1-5H/t1-,2+,3-,4+,5-,8+,9+/m1/s1. The van der Waals surface area contributed by atoms with E-state index in [0.29, 0.717) is 0 Å². The Hall–Kier alpha value is 1.73. The van der Waals surface area contributed by atoms with E-state index < -0.39 is 14.1 Å². The minimum Gasteiger partial charge on any atom is -0.368 e. The van der Waals surface area contributed by atoms with Crippen molar-refractivity contribution in [2.24, 2.45) is 11.8 Å². The molecule has 100 valence electrons. The first kappa shape index (κ1) is 13.4. The third kappa shape index (κ3) is 1.02. The molecule has 0 unspecified atom stereocenters. The molecule has 8 heteroatoms. The number of hydrogen-bond donors (Lipinski definition) is 0. The number of halogens is 7. The highest BCUT2D eigenvalue weighted by molar-refractivity contribution is 6.66. The van der Waals surface area contributed by atoms with Crippen LogP contribution in [-0.4, -0.2) is 31.7 Å². The van der Waals surface area contributed by atoms with Crippen molar-refractivity contribution in [1.29, 1.82) is 0 Å². The third-order valence-corrected chi connectivity index (χ3v) is 9.44. The summed E-state index contributed by atoms with van der Waals surface area (Å²) in [5.74, 6) is -0.457. The van der Waals surface area contributed by atoms with Crippen molar-refractivity contribution in [2.45, 2.75) is 31.7 Å². The minimum absolute atomic E-state index is 0.0608. The third-order valence-electron chi connectivity index (χ3n) is 4.62. The van der Waals surface area contributed by atoms with Gasteiger partial charge in [-0.25, -0.2) is 0 Å². The van der Waals surface area contributed by atoms with Gasteiger partial charge in [0.1, 0.15) is 15.9 Å². The molecule has 0 amide bonds. The second-order valence-electron chi connectivity index (χ2n) is 5.19. The van der Waals surface area contributed by atoms with E-state index in [1.165, 1.54) is 0 Å². The van der Waals surface area contributed by atoms with Crippen molar-refractivity contribution in [3.8, 4) is 0 Å². The molecule has 0 N–H and O–H groups in total. The minimum atomic E-state index is -1.50. The number of rotatable bonds is 0.